The van der Waals surface area contributed by atoms with Crippen molar-refractivity contribution in [3.05, 3.63) is 59.2 Å². The van der Waals surface area contributed by atoms with Crippen LogP contribution in [0.4, 0.5) is 4.39 Å². The van der Waals surface area contributed by atoms with E-state index in [-0.39, 0.29) is 35.7 Å². The van der Waals surface area contributed by atoms with Crippen molar-refractivity contribution in [1.82, 2.24) is 15.2 Å². The molecule has 2 heterocycles. The Bertz CT molecular complexity index is 749. The lowest BCUT2D eigenvalue weighted by atomic mass is 10.0. The molecule has 0 spiro atoms. The van der Waals surface area contributed by atoms with Crippen molar-refractivity contribution < 1.29 is 14.0 Å². The summed E-state index contributed by atoms with van der Waals surface area (Å²) in [5.41, 5.74) is 6.48. The topological polar surface area (TPSA) is 91.2 Å². The Morgan fingerprint density at radius 2 is 2.08 bits per heavy atom. The highest BCUT2D eigenvalue weighted by atomic mass is 35.5. The van der Waals surface area contributed by atoms with Crippen LogP contribution in [-0.4, -0.2) is 41.3 Å². The fourth-order valence-corrected chi connectivity index (χ4v) is 2.77. The van der Waals surface area contributed by atoms with Gasteiger partial charge in [0.15, 0.2) is 0 Å². The van der Waals surface area contributed by atoms with Gasteiger partial charge in [0.05, 0.1) is 11.6 Å². The normalized spacial score (nSPS) is 17.2. The molecule has 1 aliphatic rings. The van der Waals surface area contributed by atoms with Gasteiger partial charge in [-0.05, 0) is 23.8 Å². The summed E-state index contributed by atoms with van der Waals surface area (Å²) in [6.07, 6.45) is 1.41. The number of nitrogens with one attached hydrogen (secondary N) is 2. The number of primary amides is 1. The van der Waals surface area contributed by atoms with Crippen LogP contribution in [0.1, 0.15) is 32.5 Å². The molecule has 1 aromatic carbocycles. The van der Waals surface area contributed by atoms with E-state index in [9.17, 15) is 14.0 Å². The van der Waals surface area contributed by atoms with Crippen LogP contribution in [-0.2, 0) is 0 Å². The lowest BCUT2D eigenvalue weighted by Gasteiger charge is -2.36. The number of rotatable bonds is 3. The maximum atomic E-state index is 13.5. The average molecular weight is 353 g/mol. The first kappa shape index (κ1) is 18.0. The van der Waals surface area contributed by atoms with Gasteiger partial charge in [-0.3, -0.25) is 9.59 Å². The first-order valence-electron chi connectivity index (χ1n) is 7.31. The number of hydrogen-bond donors (Lipinski definition) is 3. The van der Waals surface area contributed by atoms with Crippen molar-refractivity contribution in [3.63, 3.8) is 0 Å². The van der Waals surface area contributed by atoms with E-state index in [1.54, 1.807) is 17.0 Å². The van der Waals surface area contributed by atoms with Crippen LogP contribution in [0.2, 0.25) is 0 Å². The number of H-pyrrole nitrogens is 1. The molecule has 2 amide bonds. The maximum absolute atomic E-state index is 13.5. The quantitative estimate of drug-likeness (QED) is 0.781. The molecule has 0 aliphatic carbocycles. The smallest absolute Gasteiger partial charge is 0.270 e. The molecule has 24 heavy (non-hydrogen) atoms. The van der Waals surface area contributed by atoms with Crippen molar-refractivity contribution in [1.29, 1.82) is 0 Å². The van der Waals surface area contributed by atoms with Crippen LogP contribution in [0.3, 0.4) is 0 Å². The number of halogens is 2. The number of carbonyl (C=O) groups is 2. The molecule has 1 aromatic heterocycles. The first-order valence-corrected chi connectivity index (χ1v) is 7.31. The highest BCUT2D eigenvalue weighted by Crippen LogP contribution is 2.24. The Kier molecular flexibility index (Phi) is 5.58. The molecule has 8 heteroatoms. The van der Waals surface area contributed by atoms with Crippen LogP contribution in [0.5, 0.6) is 0 Å². The Hall–Kier alpha value is -2.38. The fraction of sp³-hybridized carbons (Fsp3) is 0.250. The van der Waals surface area contributed by atoms with Crippen LogP contribution in [0.25, 0.3) is 0 Å². The predicted octanol–water partition coefficient (Wildman–Crippen LogP) is 1.46. The second-order valence-electron chi connectivity index (χ2n) is 5.44. The maximum Gasteiger partial charge on any atom is 0.270 e. The molecule has 1 saturated heterocycles. The molecule has 4 N–H and O–H groups in total. The number of hydrogen-bond acceptors (Lipinski definition) is 3. The molecule has 2 aromatic rings. The molecule has 1 unspecified atom stereocenters. The summed E-state index contributed by atoms with van der Waals surface area (Å²) in [5.74, 6) is -1.17. The summed E-state index contributed by atoms with van der Waals surface area (Å²) in [6, 6.07) is 7.39. The summed E-state index contributed by atoms with van der Waals surface area (Å²) in [7, 11) is 0. The van der Waals surface area contributed by atoms with Crippen molar-refractivity contribution in [2.45, 2.75) is 6.04 Å². The molecule has 1 atom stereocenters. The number of amides is 2. The van der Waals surface area contributed by atoms with Gasteiger partial charge in [0.2, 0.25) is 5.91 Å². The largest absolute Gasteiger partial charge is 0.366 e. The van der Waals surface area contributed by atoms with Crippen molar-refractivity contribution >= 4 is 24.2 Å². The summed E-state index contributed by atoms with van der Waals surface area (Å²) in [6.45, 7) is 1.68. The van der Waals surface area contributed by atoms with E-state index in [4.69, 9.17) is 5.73 Å². The molecule has 0 bridgehead atoms. The molecular formula is C16H18ClFN4O2. The Morgan fingerprint density at radius 1 is 1.29 bits per heavy atom. The molecule has 3 rings (SSSR count). The summed E-state index contributed by atoms with van der Waals surface area (Å²) in [5, 5.41) is 3.21. The molecular weight excluding hydrogens is 335 g/mol. The summed E-state index contributed by atoms with van der Waals surface area (Å²) >= 11 is 0. The molecule has 6 nitrogen and oxygen atoms in total. The SMILES string of the molecule is Cl.NC(=O)c1c[nH]c(C(=O)N2CCNCC2c2cccc(F)c2)c1. The van der Waals surface area contributed by atoms with E-state index in [0.717, 1.165) is 5.56 Å². The van der Waals surface area contributed by atoms with E-state index in [0.29, 0.717) is 25.3 Å². The van der Waals surface area contributed by atoms with Gasteiger partial charge < -0.3 is 20.9 Å². The minimum Gasteiger partial charge on any atom is -0.366 e. The molecule has 1 aliphatic heterocycles. The number of nitrogens with two attached hydrogens (primary N) is 1. The lowest BCUT2D eigenvalue weighted by molar-refractivity contribution is 0.0628. The molecule has 1 fully saturated rings. The van der Waals surface area contributed by atoms with E-state index in [1.807, 2.05) is 0 Å². The number of piperazine rings is 1. The highest BCUT2D eigenvalue weighted by molar-refractivity contribution is 5.98. The van der Waals surface area contributed by atoms with Crippen molar-refractivity contribution in [3.8, 4) is 0 Å². The zero-order valence-electron chi connectivity index (χ0n) is 12.8. The number of aromatic nitrogens is 1. The van der Waals surface area contributed by atoms with Crippen molar-refractivity contribution in [2.75, 3.05) is 19.6 Å². The minimum atomic E-state index is -0.595. The number of aromatic amines is 1. The molecule has 0 radical (unpaired) electrons. The third kappa shape index (κ3) is 3.58. The highest BCUT2D eigenvalue weighted by Gasteiger charge is 2.29. The first-order chi connectivity index (χ1) is 11.1. The van der Waals surface area contributed by atoms with E-state index >= 15 is 0 Å². The zero-order valence-corrected chi connectivity index (χ0v) is 13.6. The number of nitrogens with zero attached hydrogens (tertiary/aromatic N) is 1. The number of benzene rings is 1. The van der Waals surface area contributed by atoms with Gasteiger partial charge >= 0.3 is 0 Å². The molecule has 0 saturated carbocycles. The van der Waals surface area contributed by atoms with Gasteiger partial charge in [0.1, 0.15) is 11.5 Å². The standard InChI is InChI=1S/C16H17FN4O2.ClH/c17-12-3-1-2-10(6-12)14-9-19-4-5-21(14)16(23)13-7-11(8-20-13)15(18)22;/h1-3,6-8,14,19-20H,4-5,9H2,(H2,18,22);1H. The van der Waals surface area contributed by atoms with Gasteiger partial charge in [-0.25, -0.2) is 4.39 Å². The Labute approximate surface area is 144 Å². The van der Waals surface area contributed by atoms with Gasteiger partial charge in [-0.2, -0.15) is 0 Å². The van der Waals surface area contributed by atoms with Crippen LogP contribution in [0, 0.1) is 5.82 Å². The third-order valence-corrected chi connectivity index (χ3v) is 3.94. The summed E-state index contributed by atoms with van der Waals surface area (Å²) in [4.78, 5) is 28.3. The third-order valence-electron chi connectivity index (χ3n) is 3.94. The Morgan fingerprint density at radius 3 is 2.75 bits per heavy atom. The summed E-state index contributed by atoms with van der Waals surface area (Å²) < 4.78 is 13.5. The van der Waals surface area contributed by atoms with Crippen LogP contribution < -0.4 is 11.1 Å². The predicted molar refractivity (Wildman–Crippen MR) is 89.6 cm³/mol. The molecule has 128 valence electrons. The van der Waals surface area contributed by atoms with Gasteiger partial charge in [-0.1, -0.05) is 12.1 Å². The fourth-order valence-electron chi connectivity index (χ4n) is 2.77. The van der Waals surface area contributed by atoms with Gasteiger partial charge in [0.25, 0.3) is 5.91 Å². The zero-order chi connectivity index (χ0) is 16.4. The Balaban J connectivity index is 0.00000208. The van der Waals surface area contributed by atoms with Crippen LogP contribution in [0.15, 0.2) is 36.5 Å². The van der Waals surface area contributed by atoms with Crippen molar-refractivity contribution in [2.24, 2.45) is 5.73 Å². The monoisotopic (exact) mass is 352 g/mol. The second-order valence-corrected chi connectivity index (χ2v) is 5.44. The van der Waals surface area contributed by atoms with Crippen LogP contribution >= 0.6 is 12.4 Å². The lowest BCUT2D eigenvalue weighted by Crippen LogP contribution is -2.48. The van der Waals surface area contributed by atoms with E-state index in [2.05, 4.69) is 10.3 Å². The van der Waals surface area contributed by atoms with E-state index < -0.39 is 5.91 Å². The average Bonchev–Trinajstić information content (AvgIpc) is 3.04. The van der Waals surface area contributed by atoms with Gasteiger partial charge in [0, 0.05) is 25.8 Å². The minimum absolute atomic E-state index is 0. The van der Waals surface area contributed by atoms with E-state index in [1.165, 1.54) is 24.4 Å². The second kappa shape index (κ2) is 7.46. The number of carbonyl (C=O) groups excluding carboxylic acids is 2. The van der Waals surface area contributed by atoms with Gasteiger partial charge in [-0.15, -0.1) is 12.4 Å².